The second kappa shape index (κ2) is 8.92. The molecule has 0 radical (unpaired) electrons. The van der Waals surface area contributed by atoms with Gasteiger partial charge in [-0.25, -0.2) is 4.79 Å². The lowest BCUT2D eigenvalue weighted by atomic mass is 10.1. The molecule has 0 aromatic heterocycles. The van der Waals surface area contributed by atoms with Crippen LogP contribution in [0.1, 0.15) is 23.1 Å². The van der Waals surface area contributed by atoms with Gasteiger partial charge in [0, 0.05) is 45.8 Å². The van der Waals surface area contributed by atoms with Crippen molar-refractivity contribution in [2.24, 2.45) is 0 Å². The lowest BCUT2D eigenvalue weighted by molar-refractivity contribution is -0.134. The van der Waals surface area contributed by atoms with Gasteiger partial charge in [0.25, 0.3) is 0 Å². The molecule has 1 aliphatic carbocycles. The normalized spacial score (nSPS) is 20.1. The number of fused-ring (bicyclic) bond motifs is 1. The highest BCUT2D eigenvalue weighted by Gasteiger charge is 2.25. The van der Waals surface area contributed by atoms with E-state index in [2.05, 4.69) is 28.4 Å². The van der Waals surface area contributed by atoms with Gasteiger partial charge < -0.3 is 19.9 Å². The van der Waals surface area contributed by atoms with E-state index in [0.717, 1.165) is 25.1 Å². The number of urea groups is 1. The first-order valence-corrected chi connectivity index (χ1v) is 10.4. The Morgan fingerprint density at radius 3 is 2.43 bits per heavy atom. The monoisotopic (exact) mass is 386 g/mol. The average Bonchev–Trinajstić information content (AvgIpc) is 3.21. The molecule has 3 amide bonds. The Kier molecular flexibility index (Phi) is 6.12. The van der Waals surface area contributed by atoms with Crippen molar-refractivity contribution in [3.05, 3.63) is 34.9 Å². The van der Waals surface area contributed by atoms with Gasteiger partial charge in [0.2, 0.25) is 5.91 Å². The van der Waals surface area contributed by atoms with Crippen LogP contribution in [-0.4, -0.2) is 85.7 Å². The van der Waals surface area contributed by atoms with Crippen molar-refractivity contribution in [3.8, 4) is 0 Å². The van der Waals surface area contributed by atoms with Crippen LogP contribution in [0.15, 0.2) is 18.2 Å². The minimum absolute atomic E-state index is 0.0409. The standard InChI is InChI=1S/C21H30N4O3/c26-20(16-23-10-12-28-13-11-23)24-6-8-25(9-7-24)21(27)22-15-17-4-5-18-2-1-3-19(18)14-17/h4-5,14H,1-3,6-13,15-16H2,(H,22,27). The Morgan fingerprint density at radius 1 is 0.929 bits per heavy atom. The van der Waals surface area contributed by atoms with Gasteiger partial charge in [-0.2, -0.15) is 0 Å². The van der Waals surface area contributed by atoms with E-state index in [0.29, 0.717) is 52.5 Å². The predicted molar refractivity (Wildman–Crippen MR) is 106 cm³/mol. The summed E-state index contributed by atoms with van der Waals surface area (Å²) in [4.78, 5) is 30.8. The predicted octanol–water partition coefficient (Wildman–Crippen LogP) is 0.861. The van der Waals surface area contributed by atoms with Gasteiger partial charge in [0.15, 0.2) is 0 Å². The topological polar surface area (TPSA) is 65.1 Å². The van der Waals surface area contributed by atoms with E-state index in [9.17, 15) is 9.59 Å². The largest absolute Gasteiger partial charge is 0.379 e. The molecule has 1 aromatic carbocycles. The number of hydrogen-bond acceptors (Lipinski definition) is 4. The molecule has 7 heteroatoms. The molecule has 0 saturated carbocycles. The van der Waals surface area contributed by atoms with E-state index >= 15 is 0 Å². The number of hydrogen-bond donors (Lipinski definition) is 1. The fourth-order valence-electron chi connectivity index (χ4n) is 4.23. The van der Waals surface area contributed by atoms with Crippen LogP contribution >= 0.6 is 0 Å². The van der Waals surface area contributed by atoms with E-state index in [-0.39, 0.29) is 11.9 Å². The van der Waals surface area contributed by atoms with E-state index in [1.165, 1.54) is 24.0 Å². The molecule has 1 aromatic rings. The van der Waals surface area contributed by atoms with E-state index in [1.807, 2.05) is 9.80 Å². The number of benzene rings is 1. The molecule has 0 atom stereocenters. The van der Waals surface area contributed by atoms with Crippen molar-refractivity contribution >= 4 is 11.9 Å². The Balaban J connectivity index is 1.20. The Bertz CT molecular complexity index is 710. The van der Waals surface area contributed by atoms with Gasteiger partial charge in [-0.15, -0.1) is 0 Å². The summed E-state index contributed by atoms with van der Waals surface area (Å²) < 4.78 is 5.33. The van der Waals surface area contributed by atoms with Crippen molar-refractivity contribution < 1.29 is 14.3 Å². The first-order valence-electron chi connectivity index (χ1n) is 10.4. The number of amides is 3. The van der Waals surface area contributed by atoms with Crippen LogP contribution in [0, 0.1) is 0 Å². The Labute approximate surface area is 166 Å². The van der Waals surface area contributed by atoms with Gasteiger partial charge >= 0.3 is 6.03 Å². The molecular formula is C21H30N4O3. The molecular weight excluding hydrogens is 356 g/mol. The third-order valence-corrected chi connectivity index (χ3v) is 5.99. The zero-order valence-corrected chi connectivity index (χ0v) is 16.5. The van der Waals surface area contributed by atoms with Crippen LogP contribution in [0.3, 0.4) is 0 Å². The summed E-state index contributed by atoms with van der Waals surface area (Å²) in [7, 11) is 0. The number of rotatable bonds is 4. The molecule has 7 nitrogen and oxygen atoms in total. The van der Waals surface area contributed by atoms with Crippen LogP contribution in [0.25, 0.3) is 0 Å². The highest BCUT2D eigenvalue weighted by Crippen LogP contribution is 2.22. The molecule has 2 heterocycles. The molecule has 152 valence electrons. The van der Waals surface area contributed by atoms with Crippen LogP contribution in [0.5, 0.6) is 0 Å². The van der Waals surface area contributed by atoms with Crippen molar-refractivity contribution in [1.29, 1.82) is 0 Å². The second-order valence-electron chi connectivity index (χ2n) is 7.87. The quantitative estimate of drug-likeness (QED) is 0.834. The summed E-state index contributed by atoms with van der Waals surface area (Å²) in [5.41, 5.74) is 4.04. The van der Waals surface area contributed by atoms with Crippen molar-refractivity contribution in [2.75, 3.05) is 59.0 Å². The number of nitrogens with one attached hydrogen (secondary N) is 1. The molecule has 0 bridgehead atoms. The lowest BCUT2D eigenvalue weighted by Gasteiger charge is -2.36. The molecule has 2 aliphatic heterocycles. The number of carbonyl (C=O) groups excluding carboxylic acids is 2. The first kappa shape index (κ1) is 19.2. The highest BCUT2D eigenvalue weighted by atomic mass is 16.5. The maximum absolute atomic E-state index is 12.5. The highest BCUT2D eigenvalue weighted by molar-refractivity contribution is 5.79. The minimum Gasteiger partial charge on any atom is -0.379 e. The SMILES string of the molecule is O=C(CN1CCOCC1)N1CCN(C(=O)NCc2ccc3c(c2)CCC3)CC1. The molecule has 0 unspecified atom stereocenters. The molecule has 1 N–H and O–H groups in total. The third-order valence-electron chi connectivity index (χ3n) is 5.99. The zero-order chi connectivity index (χ0) is 19.3. The second-order valence-corrected chi connectivity index (χ2v) is 7.87. The number of morpholine rings is 1. The average molecular weight is 386 g/mol. The van der Waals surface area contributed by atoms with Gasteiger partial charge in [-0.05, 0) is 36.0 Å². The number of aryl methyl sites for hydroxylation is 2. The van der Waals surface area contributed by atoms with Crippen LogP contribution < -0.4 is 5.32 Å². The van der Waals surface area contributed by atoms with E-state index < -0.39 is 0 Å². The molecule has 28 heavy (non-hydrogen) atoms. The lowest BCUT2D eigenvalue weighted by Crippen LogP contribution is -2.55. The molecule has 2 saturated heterocycles. The van der Waals surface area contributed by atoms with Gasteiger partial charge in [0.1, 0.15) is 0 Å². The minimum atomic E-state index is -0.0409. The summed E-state index contributed by atoms with van der Waals surface area (Å²) in [5.74, 6) is 0.153. The summed E-state index contributed by atoms with van der Waals surface area (Å²) >= 11 is 0. The molecule has 0 spiro atoms. The summed E-state index contributed by atoms with van der Waals surface area (Å²) in [6.45, 7) is 6.43. The van der Waals surface area contributed by atoms with Gasteiger partial charge in [0.05, 0.1) is 19.8 Å². The smallest absolute Gasteiger partial charge is 0.317 e. The summed E-state index contributed by atoms with van der Waals surface area (Å²) in [5, 5.41) is 3.03. The molecule has 3 aliphatic rings. The van der Waals surface area contributed by atoms with Crippen molar-refractivity contribution in [1.82, 2.24) is 20.0 Å². The van der Waals surface area contributed by atoms with Gasteiger partial charge in [-0.3, -0.25) is 9.69 Å². The van der Waals surface area contributed by atoms with Crippen LogP contribution in [0.2, 0.25) is 0 Å². The third kappa shape index (κ3) is 4.64. The zero-order valence-electron chi connectivity index (χ0n) is 16.5. The fourth-order valence-corrected chi connectivity index (χ4v) is 4.23. The van der Waals surface area contributed by atoms with E-state index in [4.69, 9.17) is 4.74 Å². The number of piperazine rings is 1. The molecule has 2 fully saturated rings. The summed E-state index contributed by atoms with van der Waals surface area (Å²) in [6, 6.07) is 6.50. The maximum atomic E-state index is 12.5. The summed E-state index contributed by atoms with van der Waals surface area (Å²) in [6.07, 6.45) is 3.56. The van der Waals surface area contributed by atoms with Crippen molar-refractivity contribution in [2.45, 2.75) is 25.8 Å². The molecule has 4 rings (SSSR count). The number of ether oxygens (including phenoxy) is 1. The number of nitrogens with zero attached hydrogens (tertiary/aromatic N) is 3. The first-order chi connectivity index (χ1) is 13.7. The Hall–Kier alpha value is -2.12. The van der Waals surface area contributed by atoms with E-state index in [1.54, 1.807) is 0 Å². The fraction of sp³-hybridized carbons (Fsp3) is 0.619. The van der Waals surface area contributed by atoms with Crippen molar-refractivity contribution in [3.63, 3.8) is 0 Å². The van der Waals surface area contributed by atoms with Crippen LogP contribution in [0.4, 0.5) is 4.79 Å². The van der Waals surface area contributed by atoms with Gasteiger partial charge in [-0.1, -0.05) is 18.2 Å². The number of carbonyl (C=O) groups is 2. The Morgan fingerprint density at radius 2 is 1.64 bits per heavy atom. The van der Waals surface area contributed by atoms with Crippen LogP contribution in [-0.2, 0) is 28.9 Å². The maximum Gasteiger partial charge on any atom is 0.317 e.